The van der Waals surface area contributed by atoms with Crippen molar-refractivity contribution in [2.45, 2.75) is 50.7 Å². The number of nitrogens with one attached hydrogen (secondary N) is 2. The summed E-state index contributed by atoms with van der Waals surface area (Å²) < 4.78 is 50.1. The molecule has 0 spiro atoms. The van der Waals surface area contributed by atoms with Gasteiger partial charge in [0.1, 0.15) is 5.76 Å². The quantitative estimate of drug-likeness (QED) is 0.220. The first-order chi connectivity index (χ1) is 14.5. The zero-order valence-electron chi connectivity index (χ0n) is 17.8. The summed E-state index contributed by atoms with van der Waals surface area (Å²) in [7, 11) is 0. The highest BCUT2D eigenvalue weighted by Gasteiger charge is 2.42. The van der Waals surface area contributed by atoms with Crippen LogP contribution < -0.4 is 10.6 Å². The first-order valence-corrected chi connectivity index (χ1v) is 10.9. The Hall–Kier alpha value is -1.01. The van der Waals surface area contributed by atoms with E-state index in [-0.39, 0.29) is 42.9 Å². The Kier molecular flexibility index (Phi) is 11.4. The lowest BCUT2D eigenvalue weighted by atomic mass is 9.85. The van der Waals surface area contributed by atoms with E-state index >= 15 is 0 Å². The number of rotatable bonds is 8. The van der Waals surface area contributed by atoms with Gasteiger partial charge in [-0.3, -0.25) is 9.89 Å². The van der Waals surface area contributed by atoms with Crippen LogP contribution >= 0.6 is 24.0 Å². The highest BCUT2D eigenvalue weighted by Crippen LogP contribution is 2.37. The number of guanidine groups is 1. The van der Waals surface area contributed by atoms with E-state index in [1.807, 2.05) is 12.1 Å². The topological polar surface area (TPSA) is 62.0 Å². The first-order valence-electron chi connectivity index (χ1n) is 10.9. The molecule has 1 aromatic rings. The van der Waals surface area contributed by atoms with Crippen molar-refractivity contribution in [3.8, 4) is 0 Å². The molecule has 1 aliphatic carbocycles. The molecule has 2 atom stereocenters. The number of nitrogens with zero attached hydrogens (tertiary/aromatic N) is 2. The molecule has 0 radical (unpaired) electrons. The average molecular weight is 558 g/mol. The molecule has 0 aromatic carbocycles. The second kappa shape index (κ2) is 13.5. The van der Waals surface area contributed by atoms with Crippen LogP contribution in [0.15, 0.2) is 27.8 Å². The fraction of sp³-hybridized carbons (Fsp3) is 0.762. The van der Waals surface area contributed by atoms with E-state index in [2.05, 4.69) is 20.5 Å². The predicted octanol–water partition coefficient (Wildman–Crippen LogP) is 3.82. The Bertz CT molecular complexity index is 637. The zero-order chi connectivity index (χ0) is 21.2. The molecular weight excluding hydrogens is 524 g/mol. The molecule has 2 fully saturated rings. The summed E-state index contributed by atoms with van der Waals surface area (Å²) in [6, 6.07) is 3.54. The van der Waals surface area contributed by atoms with Gasteiger partial charge < -0.3 is 19.8 Å². The summed E-state index contributed by atoms with van der Waals surface area (Å²) in [5.74, 6) is 0.231. The van der Waals surface area contributed by atoms with Crippen molar-refractivity contribution >= 4 is 29.9 Å². The molecule has 2 heterocycles. The molecule has 178 valence electrons. The summed E-state index contributed by atoms with van der Waals surface area (Å²) >= 11 is 0. The molecule has 1 saturated carbocycles. The van der Waals surface area contributed by atoms with Crippen molar-refractivity contribution in [2.75, 3.05) is 45.9 Å². The van der Waals surface area contributed by atoms with Gasteiger partial charge in [-0.1, -0.05) is 6.42 Å². The van der Waals surface area contributed by atoms with Crippen LogP contribution in [0.4, 0.5) is 13.2 Å². The zero-order valence-corrected chi connectivity index (χ0v) is 20.2. The monoisotopic (exact) mass is 558 g/mol. The van der Waals surface area contributed by atoms with Gasteiger partial charge in [0.05, 0.1) is 25.4 Å². The Morgan fingerprint density at radius 1 is 1.23 bits per heavy atom. The van der Waals surface area contributed by atoms with Gasteiger partial charge in [0.2, 0.25) is 0 Å². The molecule has 1 aromatic heterocycles. The standard InChI is InChI=1S/C21H33F3N4O2.HI/c22-21(23,24)17-4-1-5-18(16-17)27-20(26-9-7-19-6-2-13-30-19)25-8-3-10-28-11-14-29-15-12-28;/h2,6,13,17-18H,1,3-5,7-12,14-16H2,(H2,25,26,27);1H. The van der Waals surface area contributed by atoms with Crippen LogP contribution in [0, 0.1) is 5.92 Å². The minimum absolute atomic E-state index is 0. The third kappa shape index (κ3) is 9.56. The van der Waals surface area contributed by atoms with E-state index in [1.54, 1.807) is 6.26 Å². The third-order valence-corrected chi connectivity index (χ3v) is 5.73. The fourth-order valence-electron chi connectivity index (χ4n) is 4.03. The van der Waals surface area contributed by atoms with Crippen molar-refractivity contribution in [1.82, 2.24) is 15.5 Å². The summed E-state index contributed by atoms with van der Waals surface area (Å²) in [5.41, 5.74) is 0. The maximum absolute atomic E-state index is 13.1. The Morgan fingerprint density at radius 2 is 2.03 bits per heavy atom. The molecule has 31 heavy (non-hydrogen) atoms. The van der Waals surface area contributed by atoms with E-state index in [0.29, 0.717) is 31.9 Å². The van der Waals surface area contributed by atoms with Crippen LogP contribution in [-0.2, 0) is 11.2 Å². The van der Waals surface area contributed by atoms with Crippen LogP contribution in [0.2, 0.25) is 0 Å². The second-order valence-electron chi connectivity index (χ2n) is 8.04. The van der Waals surface area contributed by atoms with E-state index in [9.17, 15) is 13.2 Å². The predicted molar refractivity (Wildman–Crippen MR) is 125 cm³/mol. The molecule has 3 rings (SSSR count). The van der Waals surface area contributed by atoms with Crippen molar-refractivity contribution < 1.29 is 22.3 Å². The van der Waals surface area contributed by atoms with Gasteiger partial charge >= 0.3 is 6.18 Å². The molecule has 6 nitrogen and oxygen atoms in total. The number of morpholine rings is 1. The molecule has 1 saturated heterocycles. The van der Waals surface area contributed by atoms with Gasteiger partial charge in [-0.25, -0.2) is 0 Å². The molecule has 0 bridgehead atoms. The highest BCUT2D eigenvalue weighted by molar-refractivity contribution is 14.0. The van der Waals surface area contributed by atoms with Gasteiger partial charge in [0.25, 0.3) is 0 Å². The Balaban J connectivity index is 0.00000341. The van der Waals surface area contributed by atoms with Crippen LogP contribution in [0.25, 0.3) is 0 Å². The van der Waals surface area contributed by atoms with Gasteiger partial charge in [-0.2, -0.15) is 13.2 Å². The summed E-state index contributed by atoms with van der Waals surface area (Å²) in [6.07, 6.45) is 0.752. The highest BCUT2D eigenvalue weighted by atomic mass is 127. The SMILES string of the molecule is FC(F)(F)C1CCCC(NC(=NCCCN2CCOCC2)NCCc2ccco2)C1.I. The first kappa shape index (κ1) is 26.2. The lowest BCUT2D eigenvalue weighted by Crippen LogP contribution is -2.47. The molecule has 1 aliphatic heterocycles. The number of aliphatic imine (C=N–C) groups is 1. The minimum atomic E-state index is -4.12. The van der Waals surface area contributed by atoms with Gasteiger partial charge in [0, 0.05) is 45.2 Å². The number of hydrogen-bond acceptors (Lipinski definition) is 4. The minimum Gasteiger partial charge on any atom is -0.469 e. The number of furan rings is 1. The number of alkyl halides is 3. The number of ether oxygens (including phenoxy) is 1. The van der Waals surface area contributed by atoms with Gasteiger partial charge in [-0.05, 0) is 37.8 Å². The largest absolute Gasteiger partial charge is 0.469 e. The molecule has 10 heteroatoms. The van der Waals surface area contributed by atoms with Crippen LogP contribution in [-0.4, -0.2) is 69.0 Å². The molecule has 2 N–H and O–H groups in total. The average Bonchev–Trinajstić information content (AvgIpc) is 3.25. The summed E-state index contributed by atoms with van der Waals surface area (Å²) in [5, 5.41) is 6.51. The lowest BCUT2D eigenvalue weighted by molar-refractivity contribution is -0.183. The summed E-state index contributed by atoms with van der Waals surface area (Å²) in [6.45, 7) is 5.61. The Labute approximate surface area is 199 Å². The number of hydrogen-bond donors (Lipinski definition) is 2. The lowest BCUT2D eigenvalue weighted by Gasteiger charge is -2.32. The van der Waals surface area contributed by atoms with Gasteiger partial charge in [-0.15, -0.1) is 24.0 Å². The maximum Gasteiger partial charge on any atom is 0.391 e. The van der Waals surface area contributed by atoms with Crippen LogP contribution in [0.5, 0.6) is 0 Å². The van der Waals surface area contributed by atoms with E-state index < -0.39 is 12.1 Å². The fourth-order valence-corrected chi connectivity index (χ4v) is 4.03. The normalized spacial score (nSPS) is 23.3. The molecular formula is C21H34F3IN4O2. The maximum atomic E-state index is 13.1. The second-order valence-corrected chi connectivity index (χ2v) is 8.04. The van der Waals surface area contributed by atoms with E-state index in [0.717, 1.165) is 51.4 Å². The molecule has 0 amide bonds. The smallest absolute Gasteiger partial charge is 0.391 e. The van der Waals surface area contributed by atoms with Crippen molar-refractivity contribution in [1.29, 1.82) is 0 Å². The van der Waals surface area contributed by atoms with Gasteiger partial charge in [0.15, 0.2) is 5.96 Å². The van der Waals surface area contributed by atoms with Crippen LogP contribution in [0.1, 0.15) is 37.9 Å². The Morgan fingerprint density at radius 3 is 2.74 bits per heavy atom. The molecule has 2 aliphatic rings. The van der Waals surface area contributed by atoms with Crippen LogP contribution in [0.3, 0.4) is 0 Å². The van der Waals surface area contributed by atoms with Crippen molar-refractivity contribution in [3.63, 3.8) is 0 Å². The summed E-state index contributed by atoms with van der Waals surface area (Å²) in [4.78, 5) is 6.99. The third-order valence-electron chi connectivity index (χ3n) is 5.73. The van der Waals surface area contributed by atoms with Crippen molar-refractivity contribution in [2.24, 2.45) is 10.9 Å². The van der Waals surface area contributed by atoms with Crippen molar-refractivity contribution in [3.05, 3.63) is 24.2 Å². The van der Waals surface area contributed by atoms with E-state index in [4.69, 9.17) is 9.15 Å². The number of halogens is 4. The molecule has 2 unspecified atom stereocenters. The van der Waals surface area contributed by atoms with E-state index in [1.165, 1.54) is 0 Å².